The minimum Gasteiger partial charge on any atom is -0.445 e. The summed E-state index contributed by atoms with van der Waals surface area (Å²) in [5, 5.41) is 0. The van der Waals surface area contributed by atoms with Gasteiger partial charge in [-0.3, -0.25) is 4.79 Å². The predicted octanol–water partition coefficient (Wildman–Crippen LogP) is 8.09. The third-order valence-corrected chi connectivity index (χ3v) is 8.11. The second kappa shape index (κ2) is 14.6. The van der Waals surface area contributed by atoms with Crippen molar-refractivity contribution in [2.45, 2.75) is 56.9 Å². The molecule has 1 amide bonds. The largest absolute Gasteiger partial charge is 0.445 e. The smallest absolute Gasteiger partial charge is 0.410 e. The van der Waals surface area contributed by atoms with E-state index in [1.54, 1.807) is 6.08 Å². The van der Waals surface area contributed by atoms with Crippen molar-refractivity contribution >= 4 is 11.9 Å². The Bertz CT molecular complexity index is 1380. The zero-order valence-electron chi connectivity index (χ0n) is 24.7. The number of allylic oxidation sites excluding steroid dienone is 1. The van der Waals surface area contributed by atoms with Crippen LogP contribution in [-0.4, -0.2) is 35.5 Å². The van der Waals surface area contributed by atoms with Gasteiger partial charge in [-0.25, -0.2) is 4.79 Å². The zero-order valence-corrected chi connectivity index (χ0v) is 24.7. The van der Waals surface area contributed by atoms with Crippen LogP contribution in [0, 0.1) is 0 Å². The molecule has 5 rings (SSSR count). The maximum absolute atomic E-state index is 13.5. The molecule has 1 aliphatic heterocycles. The van der Waals surface area contributed by atoms with Crippen molar-refractivity contribution in [1.29, 1.82) is 0 Å². The summed E-state index contributed by atoms with van der Waals surface area (Å²) in [6, 6.07) is 40.6. The molecule has 1 heterocycles. The number of benzene rings is 4. The molecule has 1 saturated heterocycles. The summed E-state index contributed by atoms with van der Waals surface area (Å²) < 4.78 is 12.8. The van der Waals surface area contributed by atoms with E-state index in [1.807, 2.05) is 95.9 Å². The second-order valence-electron chi connectivity index (χ2n) is 11.0. The van der Waals surface area contributed by atoms with Gasteiger partial charge in [0.25, 0.3) is 0 Å². The number of carbonyl (C=O) groups is 2. The Hall–Kier alpha value is -4.48. The molecule has 5 heteroatoms. The van der Waals surface area contributed by atoms with Gasteiger partial charge in [-0.15, -0.1) is 0 Å². The highest BCUT2D eigenvalue weighted by Gasteiger charge is 2.40. The van der Waals surface area contributed by atoms with Crippen molar-refractivity contribution in [3.63, 3.8) is 0 Å². The van der Waals surface area contributed by atoms with E-state index in [-0.39, 0.29) is 30.6 Å². The van der Waals surface area contributed by atoms with E-state index in [0.717, 1.165) is 35.1 Å². The monoisotopic (exact) mass is 573 g/mol. The van der Waals surface area contributed by atoms with Gasteiger partial charge in [0.2, 0.25) is 0 Å². The second-order valence-corrected chi connectivity index (χ2v) is 11.0. The average Bonchev–Trinajstić information content (AvgIpc) is 3.46. The van der Waals surface area contributed by atoms with E-state index < -0.39 is 5.60 Å². The Labute approximate surface area is 254 Å². The number of nitrogens with zero attached hydrogens (tertiary/aromatic N) is 1. The lowest BCUT2D eigenvalue weighted by molar-refractivity contribution is -0.112. The number of likely N-dealkylation sites (tertiary alicyclic amines) is 1. The fraction of sp³-hybridized carbons (Fsp3) is 0.263. The average molecular weight is 574 g/mol. The summed E-state index contributed by atoms with van der Waals surface area (Å²) in [5.74, 6) is 0.000210. The lowest BCUT2D eigenvalue weighted by atomic mass is 9.80. The number of hydrogen-bond donors (Lipinski definition) is 0. The Morgan fingerprint density at radius 2 is 1.23 bits per heavy atom. The first-order valence-electron chi connectivity index (χ1n) is 15.0. The zero-order chi connectivity index (χ0) is 29.9. The Kier molecular flexibility index (Phi) is 10.2. The number of hydrogen-bond acceptors (Lipinski definition) is 4. The van der Waals surface area contributed by atoms with Crippen LogP contribution in [0.4, 0.5) is 4.79 Å². The highest BCUT2D eigenvalue weighted by atomic mass is 16.6. The molecule has 0 aliphatic carbocycles. The molecule has 0 N–H and O–H groups in total. The molecule has 4 aromatic rings. The number of rotatable bonds is 12. The summed E-state index contributed by atoms with van der Waals surface area (Å²) in [4.78, 5) is 26.9. The Morgan fingerprint density at radius 3 is 1.74 bits per heavy atom. The summed E-state index contributed by atoms with van der Waals surface area (Å²) in [6.45, 7) is 2.19. The summed E-state index contributed by atoms with van der Waals surface area (Å²) in [6.07, 6.45) is 6.08. The molecule has 1 aliphatic rings. The van der Waals surface area contributed by atoms with E-state index in [0.29, 0.717) is 19.4 Å². The van der Waals surface area contributed by atoms with Gasteiger partial charge >= 0.3 is 6.09 Å². The highest BCUT2D eigenvalue weighted by Crippen LogP contribution is 2.41. The Morgan fingerprint density at radius 1 is 0.744 bits per heavy atom. The van der Waals surface area contributed by atoms with Crippen LogP contribution in [0.2, 0.25) is 0 Å². The first-order chi connectivity index (χ1) is 21.1. The van der Waals surface area contributed by atoms with Crippen molar-refractivity contribution in [3.8, 4) is 0 Å². The van der Waals surface area contributed by atoms with E-state index in [4.69, 9.17) is 9.47 Å². The molecule has 0 spiro atoms. The van der Waals surface area contributed by atoms with Gasteiger partial charge < -0.3 is 14.4 Å². The van der Waals surface area contributed by atoms with Crippen LogP contribution in [0.5, 0.6) is 0 Å². The highest BCUT2D eigenvalue weighted by molar-refractivity contribution is 5.87. The molecule has 220 valence electrons. The fourth-order valence-corrected chi connectivity index (χ4v) is 6.08. The minimum absolute atomic E-state index is 0.000210. The quantitative estimate of drug-likeness (QED) is 0.127. The van der Waals surface area contributed by atoms with Crippen LogP contribution < -0.4 is 0 Å². The van der Waals surface area contributed by atoms with Crippen LogP contribution in [0.1, 0.15) is 54.9 Å². The number of ketones is 1. The lowest BCUT2D eigenvalue weighted by Gasteiger charge is -2.37. The molecule has 2 atom stereocenters. The van der Waals surface area contributed by atoms with Gasteiger partial charge in [0.05, 0.1) is 6.61 Å². The van der Waals surface area contributed by atoms with Crippen molar-refractivity contribution < 1.29 is 19.1 Å². The van der Waals surface area contributed by atoms with Crippen molar-refractivity contribution in [3.05, 3.63) is 156 Å². The van der Waals surface area contributed by atoms with E-state index in [1.165, 1.54) is 6.92 Å². The maximum atomic E-state index is 13.5. The topological polar surface area (TPSA) is 55.8 Å². The van der Waals surface area contributed by atoms with Gasteiger partial charge in [-0.2, -0.15) is 0 Å². The van der Waals surface area contributed by atoms with Crippen LogP contribution in [0.3, 0.4) is 0 Å². The predicted molar refractivity (Wildman–Crippen MR) is 169 cm³/mol. The van der Waals surface area contributed by atoms with Gasteiger partial charge in [0, 0.05) is 12.1 Å². The van der Waals surface area contributed by atoms with Crippen LogP contribution in [-0.2, 0) is 26.5 Å². The third-order valence-electron chi connectivity index (χ3n) is 8.11. The molecule has 4 aromatic carbocycles. The molecular formula is C38H39NO4. The summed E-state index contributed by atoms with van der Waals surface area (Å²) in [5.41, 5.74) is 3.27. The van der Waals surface area contributed by atoms with Gasteiger partial charge in [0.15, 0.2) is 5.78 Å². The van der Waals surface area contributed by atoms with Gasteiger partial charge in [-0.1, -0.05) is 127 Å². The van der Waals surface area contributed by atoms with Crippen LogP contribution in [0.25, 0.3) is 0 Å². The molecule has 0 unspecified atom stereocenters. The number of carbonyl (C=O) groups excluding carboxylic acids is 2. The van der Waals surface area contributed by atoms with Gasteiger partial charge in [0.1, 0.15) is 12.2 Å². The number of ether oxygens (including phenoxy) is 2. The summed E-state index contributed by atoms with van der Waals surface area (Å²) >= 11 is 0. The van der Waals surface area contributed by atoms with Crippen molar-refractivity contribution in [1.82, 2.24) is 4.90 Å². The van der Waals surface area contributed by atoms with Crippen molar-refractivity contribution in [2.75, 3.05) is 6.61 Å². The summed E-state index contributed by atoms with van der Waals surface area (Å²) in [7, 11) is 0. The minimum atomic E-state index is -0.815. The molecule has 1 fully saturated rings. The SMILES string of the molecule is CC(=O)/C=C/C[C@H]1CC[C@H](CCOC(c2ccccc2)(c2ccccc2)c2ccccc2)N1C(=O)OCc1ccccc1. The third kappa shape index (κ3) is 7.30. The van der Waals surface area contributed by atoms with E-state index in [2.05, 4.69) is 36.4 Å². The number of amides is 1. The molecule has 43 heavy (non-hydrogen) atoms. The Balaban J connectivity index is 1.39. The van der Waals surface area contributed by atoms with E-state index in [9.17, 15) is 9.59 Å². The van der Waals surface area contributed by atoms with Crippen LogP contribution >= 0.6 is 0 Å². The fourth-order valence-electron chi connectivity index (χ4n) is 6.08. The molecule has 0 radical (unpaired) electrons. The molecule has 0 saturated carbocycles. The normalized spacial score (nSPS) is 16.8. The lowest BCUT2D eigenvalue weighted by Crippen LogP contribution is -2.42. The molecule has 0 aromatic heterocycles. The standard InChI is InChI=1S/C38H39NO4/c1-30(40)15-14-24-35-25-26-36(39(35)37(41)42-29-31-16-6-2-7-17-31)27-28-43-38(32-18-8-3-9-19-32,33-20-10-4-11-21-33)34-22-12-5-13-23-34/h2-23,35-36H,24-29H2,1H3/b15-14+/t35-,36+/m0/s1. The van der Waals surface area contributed by atoms with Crippen molar-refractivity contribution in [2.24, 2.45) is 0 Å². The first-order valence-corrected chi connectivity index (χ1v) is 15.0. The van der Waals surface area contributed by atoms with E-state index >= 15 is 0 Å². The van der Waals surface area contributed by atoms with Gasteiger partial charge in [-0.05, 0) is 60.9 Å². The molecule has 0 bridgehead atoms. The first kappa shape index (κ1) is 30.0. The van der Waals surface area contributed by atoms with Crippen LogP contribution in [0.15, 0.2) is 133 Å². The maximum Gasteiger partial charge on any atom is 0.410 e. The molecule has 5 nitrogen and oxygen atoms in total. The molecular weight excluding hydrogens is 534 g/mol.